The van der Waals surface area contributed by atoms with Crippen molar-refractivity contribution >= 4 is 27.1 Å². The van der Waals surface area contributed by atoms with E-state index in [9.17, 15) is 40.9 Å². The summed E-state index contributed by atoms with van der Waals surface area (Å²) in [5, 5.41) is 82.0. The third-order valence-electron chi connectivity index (χ3n) is 3.62. The number of hydrogen-bond acceptors (Lipinski definition) is 11. The van der Waals surface area contributed by atoms with Crippen LogP contribution in [0.3, 0.4) is 0 Å². The Morgan fingerprint density at radius 1 is 0.826 bits per heavy atom. The summed E-state index contributed by atoms with van der Waals surface area (Å²) in [7, 11) is 0. The first kappa shape index (κ1) is 16.5. The number of benzene rings is 1. The van der Waals surface area contributed by atoms with Gasteiger partial charge in [-0.15, -0.1) is 11.3 Å². The molecule has 126 valence electrons. The van der Waals surface area contributed by atoms with Crippen LogP contribution in [0.2, 0.25) is 0 Å². The Morgan fingerprint density at radius 2 is 1.39 bits per heavy atom. The topological polar surface area (TPSA) is 177 Å². The average molecular weight is 346 g/mol. The molecule has 1 saturated heterocycles. The van der Waals surface area contributed by atoms with Crippen molar-refractivity contribution in [1.82, 2.24) is 5.32 Å². The van der Waals surface area contributed by atoms with Crippen LogP contribution in [0.4, 0.5) is 5.69 Å². The van der Waals surface area contributed by atoms with Gasteiger partial charge in [-0.1, -0.05) is 6.07 Å². The van der Waals surface area contributed by atoms with E-state index in [1.54, 1.807) is 11.4 Å². The highest BCUT2D eigenvalue weighted by atomic mass is 32.1. The van der Waals surface area contributed by atoms with Gasteiger partial charge in [0.25, 0.3) is 0 Å². The van der Waals surface area contributed by atoms with Crippen LogP contribution >= 0.6 is 11.3 Å². The monoisotopic (exact) mass is 346 g/mol. The number of anilines is 1. The van der Waals surface area contributed by atoms with Crippen LogP contribution in [0.25, 0.3) is 10.1 Å². The fourth-order valence-electron chi connectivity index (χ4n) is 2.45. The van der Waals surface area contributed by atoms with Gasteiger partial charge in [0.05, 0.1) is 5.69 Å². The molecule has 0 amide bonds. The van der Waals surface area contributed by atoms with Gasteiger partial charge in [-0.05, 0) is 23.6 Å². The number of nitrogens with zero attached hydrogens (tertiary/aromatic N) is 1. The van der Waals surface area contributed by atoms with E-state index in [1.165, 1.54) is 29.5 Å². The molecule has 0 unspecified atom stereocenters. The molecule has 0 saturated carbocycles. The standard InChI is InChI=1S/C12H14N2O8S/c15-9(16)11(19,20)14(12(21,22)10(17,18)13-9)7-2-1-3-8-6(7)4-5-23-8/h1-5,13,15-22H. The molecule has 0 bridgehead atoms. The van der Waals surface area contributed by atoms with E-state index < -0.39 is 23.6 Å². The van der Waals surface area contributed by atoms with Gasteiger partial charge in [-0.2, -0.15) is 0 Å². The van der Waals surface area contributed by atoms with E-state index in [2.05, 4.69) is 0 Å². The number of rotatable bonds is 1. The largest absolute Gasteiger partial charge is 0.347 e. The van der Waals surface area contributed by atoms with Gasteiger partial charge in [0.2, 0.25) is 0 Å². The lowest BCUT2D eigenvalue weighted by molar-refractivity contribution is -0.490. The minimum absolute atomic E-state index is 0.119. The number of hydrogen-bond donors (Lipinski definition) is 9. The van der Waals surface area contributed by atoms with E-state index in [-0.39, 0.29) is 16.0 Å². The van der Waals surface area contributed by atoms with Crippen molar-refractivity contribution in [3.8, 4) is 0 Å². The maximum Gasteiger partial charge on any atom is 0.324 e. The van der Waals surface area contributed by atoms with Crippen LogP contribution < -0.4 is 10.2 Å². The summed E-state index contributed by atoms with van der Waals surface area (Å²) >= 11 is 1.25. The Hall–Kier alpha value is -1.38. The Bertz CT molecular complexity index is 730. The van der Waals surface area contributed by atoms with E-state index in [0.717, 1.165) is 5.32 Å². The Balaban J connectivity index is 2.30. The lowest BCUT2D eigenvalue weighted by Crippen LogP contribution is -2.90. The van der Waals surface area contributed by atoms with Crippen LogP contribution in [0.1, 0.15) is 0 Å². The average Bonchev–Trinajstić information content (AvgIpc) is 2.84. The first-order chi connectivity index (χ1) is 10.4. The molecule has 0 aliphatic carbocycles. The lowest BCUT2D eigenvalue weighted by atomic mass is 10.1. The predicted molar refractivity (Wildman–Crippen MR) is 76.1 cm³/mol. The van der Waals surface area contributed by atoms with Crippen molar-refractivity contribution in [2.24, 2.45) is 0 Å². The van der Waals surface area contributed by atoms with Crippen molar-refractivity contribution in [3.63, 3.8) is 0 Å². The maximum absolute atomic E-state index is 10.1. The number of aliphatic hydroxyl groups is 8. The molecule has 2 heterocycles. The molecule has 1 aromatic heterocycles. The number of nitrogens with one attached hydrogen (secondary N) is 1. The molecule has 3 rings (SSSR count). The lowest BCUT2D eigenvalue weighted by Gasteiger charge is -2.57. The van der Waals surface area contributed by atoms with Crippen molar-refractivity contribution in [2.75, 3.05) is 4.90 Å². The third kappa shape index (κ3) is 2.08. The number of thiophene rings is 1. The Kier molecular flexibility index (Phi) is 3.28. The first-order valence-electron chi connectivity index (χ1n) is 6.27. The van der Waals surface area contributed by atoms with Gasteiger partial charge < -0.3 is 40.9 Å². The molecule has 0 atom stereocenters. The van der Waals surface area contributed by atoms with Crippen molar-refractivity contribution < 1.29 is 40.9 Å². The zero-order chi connectivity index (χ0) is 17.3. The molecule has 2 aromatic rings. The summed E-state index contributed by atoms with van der Waals surface area (Å²) in [6.07, 6.45) is 0. The maximum atomic E-state index is 10.1. The second kappa shape index (κ2) is 4.58. The zero-order valence-corrected chi connectivity index (χ0v) is 12.1. The molecular weight excluding hydrogens is 332 g/mol. The summed E-state index contributed by atoms with van der Waals surface area (Å²) in [6, 6.07) is 5.77. The summed E-state index contributed by atoms with van der Waals surface area (Å²) < 4.78 is 0.593. The Labute approximate surface area is 132 Å². The second-order valence-corrected chi connectivity index (χ2v) is 6.13. The Morgan fingerprint density at radius 3 is 1.96 bits per heavy atom. The second-order valence-electron chi connectivity index (χ2n) is 5.19. The minimum Gasteiger partial charge on any atom is -0.347 e. The summed E-state index contributed by atoms with van der Waals surface area (Å²) in [4.78, 5) is -0.119. The molecule has 11 heteroatoms. The molecule has 9 N–H and O–H groups in total. The van der Waals surface area contributed by atoms with E-state index in [4.69, 9.17) is 0 Å². The van der Waals surface area contributed by atoms with Crippen LogP contribution in [0, 0.1) is 0 Å². The normalized spacial score (nSPS) is 24.8. The summed E-state index contributed by atoms with van der Waals surface area (Å²) in [6.45, 7) is 0. The molecule has 0 spiro atoms. The zero-order valence-electron chi connectivity index (χ0n) is 11.3. The minimum atomic E-state index is -3.73. The highest BCUT2D eigenvalue weighted by molar-refractivity contribution is 7.17. The highest BCUT2D eigenvalue weighted by Gasteiger charge is 2.73. The van der Waals surface area contributed by atoms with Gasteiger partial charge in [0.1, 0.15) is 0 Å². The quantitative estimate of drug-likeness (QED) is 0.240. The molecule has 1 fully saturated rings. The third-order valence-corrected chi connectivity index (χ3v) is 4.50. The molecule has 23 heavy (non-hydrogen) atoms. The molecule has 1 aliphatic heterocycles. The van der Waals surface area contributed by atoms with E-state index in [0.29, 0.717) is 4.70 Å². The van der Waals surface area contributed by atoms with Crippen LogP contribution in [-0.4, -0.2) is 64.5 Å². The smallest absolute Gasteiger partial charge is 0.324 e. The van der Waals surface area contributed by atoms with Crippen molar-refractivity contribution in [1.29, 1.82) is 0 Å². The van der Waals surface area contributed by atoms with Crippen molar-refractivity contribution in [2.45, 2.75) is 23.6 Å². The van der Waals surface area contributed by atoms with E-state index >= 15 is 0 Å². The van der Waals surface area contributed by atoms with Crippen molar-refractivity contribution in [3.05, 3.63) is 29.6 Å². The molecule has 0 radical (unpaired) electrons. The molecular formula is C12H14N2O8S. The molecule has 1 aliphatic rings. The molecule has 1 aromatic carbocycles. The van der Waals surface area contributed by atoms with Crippen LogP contribution in [-0.2, 0) is 0 Å². The summed E-state index contributed by atoms with van der Waals surface area (Å²) in [5.41, 5.74) is -0.291. The fourth-order valence-corrected chi connectivity index (χ4v) is 3.26. The van der Waals surface area contributed by atoms with Gasteiger partial charge in [-0.3, -0.25) is 4.90 Å². The fraction of sp³-hybridized carbons (Fsp3) is 0.333. The van der Waals surface area contributed by atoms with Gasteiger partial charge >= 0.3 is 23.6 Å². The van der Waals surface area contributed by atoms with Gasteiger partial charge in [0.15, 0.2) is 0 Å². The van der Waals surface area contributed by atoms with Gasteiger partial charge in [-0.25, -0.2) is 5.32 Å². The predicted octanol–water partition coefficient (Wildman–Crippen LogP) is -3.14. The highest BCUT2D eigenvalue weighted by Crippen LogP contribution is 2.43. The summed E-state index contributed by atoms with van der Waals surface area (Å²) in [5.74, 6) is -14.9. The first-order valence-corrected chi connectivity index (χ1v) is 7.15. The van der Waals surface area contributed by atoms with Gasteiger partial charge in [0, 0.05) is 10.1 Å². The number of fused-ring (bicyclic) bond motifs is 1. The number of piperazine rings is 1. The molecule has 10 nitrogen and oxygen atoms in total. The van der Waals surface area contributed by atoms with Crippen LogP contribution in [0.5, 0.6) is 0 Å². The van der Waals surface area contributed by atoms with E-state index in [1.807, 2.05) is 0 Å². The SMILES string of the molecule is OC1(O)NC(O)(O)C(O)(O)N(c2cccc3sccc23)C1(O)O. The van der Waals surface area contributed by atoms with Crippen LogP contribution in [0.15, 0.2) is 29.6 Å².